The minimum absolute atomic E-state index is 0.0361. The highest BCUT2D eigenvalue weighted by Gasteiger charge is 2.17. The molecule has 3 rings (SSSR count). The molecule has 7 heteroatoms. The monoisotopic (exact) mass is 344 g/mol. The highest BCUT2D eigenvalue weighted by molar-refractivity contribution is 7.16. The van der Waals surface area contributed by atoms with Crippen LogP contribution in [0, 0.1) is 13.8 Å². The largest absolute Gasteiger partial charge is 0.345 e. The number of aryl methyl sites for hydroxylation is 2. The Labute approximate surface area is 142 Å². The molecule has 1 unspecified atom stereocenters. The minimum atomic E-state index is -0.125. The van der Waals surface area contributed by atoms with Gasteiger partial charge in [0.15, 0.2) is 10.8 Å². The predicted octanol–water partition coefficient (Wildman–Crippen LogP) is 3.77. The van der Waals surface area contributed by atoms with Gasteiger partial charge in [-0.05, 0) is 38.5 Å². The second-order valence-corrected chi connectivity index (χ2v) is 7.66. The number of thiazole rings is 1. The van der Waals surface area contributed by atoms with Gasteiger partial charge in [0, 0.05) is 22.1 Å². The number of nitrogens with zero attached hydrogens (tertiary/aromatic N) is 3. The van der Waals surface area contributed by atoms with Crippen molar-refractivity contribution in [1.82, 2.24) is 20.3 Å². The van der Waals surface area contributed by atoms with Gasteiger partial charge in [-0.25, -0.2) is 15.0 Å². The summed E-state index contributed by atoms with van der Waals surface area (Å²) in [7, 11) is 0. The van der Waals surface area contributed by atoms with Crippen LogP contribution < -0.4 is 5.32 Å². The number of hydrogen-bond acceptors (Lipinski definition) is 6. The third kappa shape index (κ3) is 3.46. The molecule has 3 aromatic rings. The molecule has 0 saturated heterocycles. The Balaban J connectivity index is 1.74. The zero-order valence-electron chi connectivity index (χ0n) is 13.0. The third-order valence-corrected chi connectivity index (χ3v) is 5.35. The van der Waals surface area contributed by atoms with E-state index in [1.165, 1.54) is 21.1 Å². The molecule has 1 atom stereocenters. The van der Waals surface area contributed by atoms with E-state index in [0.717, 1.165) is 5.56 Å². The van der Waals surface area contributed by atoms with Gasteiger partial charge >= 0.3 is 0 Å². The third-order valence-electron chi connectivity index (χ3n) is 3.38. The van der Waals surface area contributed by atoms with E-state index in [1.54, 1.807) is 36.0 Å². The molecule has 3 heterocycles. The van der Waals surface area contributed by atoms with Crippen molar-refractivity contribution in [2.45, 2.75) is 26.8 Å². The summed E-state index contributed by atoms with van der Waals surface area (Å²) in [6, 6.07) is 3.84. The van der Waals surface area contributed by atoms with E-state index in [4.69, 9.17) is 0 Å². The number of aromatic nitrogens is 3. The van der Waals surface area contributed by atoms with Gasteiger partial charge < -0.3 is 5.32 Å². The average molecular weight is 344 g/mol. The molecule has 23 heavy (non-hydrogen) atoms. The molecule has 0 aliphatic carbocycles. The van der Waals surface area contributed by atoms with Crippen molar-refractivity contribution in [3.63, 3.8) is 0 Å². The predicted molar refractivity (Wildman–Crippen MR) is 92.8 cm³/mol. The Morgan fingerprint density at radius 1 is 1.17 bits per heavy atom. The van der Waals surface area contributed by atoms with Crippen molar-refractivity contribution >= 4 is 28.6 Å². The lowest BCUT2D eigenvalue weighted by molar-refractivity contribution is 0.0944. The lowest BCUT2D eigenvalue weighted by atomic mass is 10.1. The van der Waals surface area contributed by atoms with E-state index in [-0.39, 0.29) is 11.9 Å². The number of carbonyl (C=O) groups excluding carboxylic acids is 1. The van der Waals surface area contributed by atoms with Crippen LogP contribution in [0.5, 0.6) is 0 Å². The van der Waals surface area contributed by atoms with Crippen molar-refractivity contribution in [2.75, 3.05) is 0 Å². The highest BCUT2D eigenvalue weighted by Crippen LogP contribution is 2.27. The Morgan fingerprint density at radius 2 is 1.91 bits per heavy atom. The number of carbonyl (C=O) groups is 1. The van der Waals surface area contributed by atoms with Gasteiger partial charge in [0.2, 0.25) is 0 Å². The lowest BCUT2D eigenvalue weighted by Crippen LogP contribution is -2.26. The summed E-state index contributed by atoms with van der Waals surface area (Å²) in [6.07, 6.45) is 4.89. The standard InChI is InChI=1S/C16H16N4OS2/c1-9-7-12(11(3)22-9)10(2)20-15(21)13-8-19-16(23-13)14-17-5-4-6-18-14/h4-8,10H,1-3H3,(H,20,21). The van der Waals surface area contributed by atoms with Crippen molar-refractivity contribution in [3.8, 4) is 10.8 Å². The van der Waals surface area contributed by atoms with Gasteiger partial charge in [0.05, 0.1) is 12.2 Å². The smallest absolute Gasteiger partial charge is 0.263 e. The number of thiophene rings is 1. The first-order valence-corrected chi connectivity index (χ1v) is 8.79. The molecule has 0 fully saturated rings. The molecule has 0 aliphatic rings. The van der Waals surface area contributed by atoms with E-state index >= 15 is 0 Å². The first-order chi connectivity index (χ1) is 11.0. The Hall–Kier alpha value is -2.12. The molecule has 3 aromatic heterocycles. The first-order valence-electron chi connectivity index (χ1n) is 7.15. The molecule has 0 radical (unpaired) electrons. The summed E-state index contributed by atoms with van der Waals surface area (Å²) in [5.74, 6) is 0.411. The van der Waals surface area contributed by atoms with Crippen molar-refractivity contribution in [3.05, 3.63) is 50.9 Å². The second kappa shape index (κ2) is 6.55. The van der Waals surface area contributed by atoms with Gasteiger partial charge in [-0.3, -0.25) is 4.79 Å². The summed E-state index contributed by atoms with van der Waals surface area (Å²) in [5, 5.41) is 3.67. The number of amides is 1. The van der Waals surface area contributed by atoms with Crippen LogP contribution in [0.15, 0.2) is 30.7 Å². The van der Waals surface area contributed by atoms with Gasteiger partial charge in [0.25, 0.3) is 5.91 Å². The van der Waals surface area contributed by atoms with Crippen LogP contribution in [0.4, 0.5) is 0 Å². The fraction of sp³-hybridized carbons (Fsp3) is 0.250. The van der Waals surface area contributed by atoms with Crippen LogP contribution >= 0.6 is 22.7 Å². The van der Waals surface area contributed by atoms with Crippen LogP contribution in [0.25, 0.3) is 10.8 Å². The lowest BCUT2D eigenvalue weighted by Gasteiger charge is -2.12. The number of nitrogens with one attached hydrogen (secondary N) is 1. The SMILES string of the molecule is Cc1cc(C(C)NC(=O)c2cnc(-c3ncccn3)s2)c(C)s1. The molecular weight excluding hydrogens is 328 g/mol. The zero-order valence-corrected chi connectivity index (χ0v) is 14.7. The van der Waals surface area contributed by atoms with Gasteiger partial charge in [-0.1, -0.05) is 0 Å². The molecule has 5 nitrogen and oxygen atoms in total. The number of rotatable bonds is 4. The van der Waals surface area contributed by atoms with E-state index in [1.807, 2.05) is 6.92 Å². The summed E-state index contributed by atoms with van der Waals surface area (Å²) in [5.41, 5.74) is 1.16. The maximum atomic E-state index is 12.4. The van der Waals surface area contributed by atoms with Crippen LogP contribution in [0.2, 0.25) is 0 Å². The maximum Gasteiger partial charge on any atom is 0.263 e. The van der Waals surface area contributed by atoms with E-state index in [9.17, 15) is 4.79 Å². The Morgan fingerprint density at radius 3 is 2.57 bits per heavy atom. The molecule has 0 aromatic carbocycles. The van der Waals surface area contributed by atoms with Crippen LogP contribution in [0.3, 0.4) is 0 Å². The fourth-order valence-electron chi connectivity index (χ4n) is 2.32. The number of hydrogen-bond donors (Lipinski definition) is 1. The topological polar surface area (TPSA) is 67.8 Å². The Bertz CT molecular complexity index is 826. The van der Waals surface area contributed by atoms with Gasteiger partial charge in [0.1, 0.15) is 4.88 Å². The minimum Gasteiger partial charge on any atom is -0.345 e. The molecule has 1 N–H and O–H groups in total. The highest BCUT2D eigenvalue weighted by atomic mass is 32.1. The zero-order chi connectivity index (χ0) is 16.4. The summed E-state index contributed by atoms with van der Waals surface area (Å²) in [4.78, 5) is 28.0. The van der Waals surface area contributed by atoms with Gasteiger partial charge in [-0.15, -0.1) is 22.7 Å². The fourth-order valence-corrected chi connectivity index (χ4v) is 4.11. The summed E-state index contributed by atoms with van der Waals surface area (Å²) < 4.78 is 0. The van der Waals surface area contributed by atoms with Crippen LogP contribution in [0.1, 0.15) is 38.0 Å². The molecule has 1 amide bonds. The quantitative estimate of drug-likeness (QED) is 0.782. The van der Waals surface area contributed by atoms with Crippen molar-refractivity contribution < 1.29 is 4.79 Å². The van der Waals surface area contributed by atoms with Crippen molar-refractivity contribution in [1.29, 1.82) is 0 Å². The molecule has 0 aliphatic heterocycles. The second-order valence-electron chi connectivity index (χ2n) is 5.17. The summed E-state index contributed by atoms with van der Waals surface area (Å²) in [6.45, 7) is 6.15. The van der Waals surface area contributed by atoms with Crippen LogP contribution in [-0.2, 0) is 0 Å². The van der Waals surface area contributed by atoms with E-state index in [2.05, 4.69) is 40.2 Å². The van der Waals surface area contributed by atoms with Gasteiger partial charge in [-0.2, -0.15) is 0 Å². The van der Waals surface area contributed by atoms with E-state index in [0.29, 0.717) is 15.7 Å². The average Bonchev–Trinajstić information content (AvgIpc) is 3.15. The Kier molecular flexibility index (Phi) is 4.49. The molecular formula is C16H16N4OS2. The van der Waals surface area contributed by atoms with Crippen LogP contribution in [-0.4, -0.2) is 20.9 Å². The molecule has 0 bridgehead atoms. The first kappa shape index (κ1) is 15.8. The van der Waals surface area contributed by atoms with E-state index < -0.39 is 0 Å². The maximum absolute atomic E-state index is 12.4. The summed E-state index contributed by atoms with van der Waals surface area (Å²) >= 11 is 3.04. The van der Waals surface area contributed by atoms with Crippen molar-refractivity contribution in [2.24, 2.45) is 0 Å². The molecule has 0 saturated carbocycles. The molecule has 0 spiro atoms. The molecule has 118 valence electrons. The normalized spacial score (nSPS) is 12.1.